The molecule has 0 fully saturated rings. The highest BCUT2D eigenvalue weighted by atomic mass is 35.5. The summed E-state index contributed by atoms with van der Waals surface area (Å²) in [7, 11) is 1.98. The lowest BCUT2D eigenvalue weighted by atomic mass is 10.3. The van der Waals surface area contributed by atoms with Crippen LogP contribution in [0.4, 0.5) is 0 Å². The summed E-state index contributed by atoms with van der Waals surface area (Å²) >= 11 is 7.70. The number of nitrogens with zero attached hydrogens (tertiary/aromatic N) is 4. The molecule has 0 bridgehead atoms. The minimum atomic E-state index is 0.592. The number of rotatable bonds is 5. The average Bonchev–Trinajstić information content (AvgIpc) is 3.08. The largest absolute Gasteiger partial charge is 0.313 e. The van der Waals surface area contributed by atoms with E-state index in [1.54, 1.807) is 11.3 Å². The smallest absolute Gasteiger partial charge is 0.158 e. The lowest BCUT2D eigenvalue weighted by Crippen LogP contribution is -2.09. The third-order valence-electron chi connectivity index (χ3n) is 3.45. The molecule has 0 aliphatic rings. The van der Waals surface area contributed by atoms with E-state index in [1.807, 2.05) is 18.7 Å². The Balaban J connectivity index is 1.99. The molecule has 0 saturated carbocycles. The van der Waals surface area contributed by atoms with Crippen LogP contribution in [-0.2, 0) is 26.4 Å². The van der Waals surface area contributed by atoms with Gasteiger partial charge in [0.05, 0.1) is 5.69 Å². The van der Waals surface area contributed by atoms with Crippen molar-refractivity contribution in [2.24, 2.45) is 7.05 Å². The van der Waals surface area contributed by atoms with E-state index in [0.717, 1.165) is 42.1 Å². The van der Waals surface area contributed by atoms with Crippen LogP contribution in [0.2, 0.25) is 0 Å². The van der Waals surface area contributed by atoms with E-state index in [-0.39, 0.29) is 0 Å². The van der Waals surface area contributed by atoms with E-state index >= 15 is 0 Å². The van der Waals surface area contributed by atoms with E-state index in [4.69, 9.17) is 16.6 Å². The number of imidazole rings is 1. The highest BCUT2D eigenvalue weighted by Gasteiger charge is 2.16. The van der Waals surface area contributed by atoms with Crippen molar-refractivity contribution in [3.63, 3.8) is 0 Å². The van der Waals surface area contributed by atoms with Gasteiger partial charge in [-0.15, -0.1) is 22.9 Å². The highest BCUT2D eigenvalue weighted by Crippen LogP contribution is 2.21. The number of hydrogen-bond acceptors (Lipinski definition) is 3. The quantitative estimate of drug-likeness (QED) is 0.679. The number of aryl methyl sites for hydroxylation is 5. The molecule has 0 N–H and O–H groups in total. The lowest BCUT2D eigenvalue weighted by Gasteiger charge is -2.08. The van der Waals surface area contributed by atoms with Crippen molar-refractivity contribution in [1.82, 2.24) is 19.3 Å². The first-order valence-electron chi connectivity index (χ1n) is 6.67. The topological polar surface area (TPSA) is 35.6 Å². The molecule has 3 aromatic heterocycles. The third kappa shape index (κ3) is 2.36. The van der Waals surface area contributed by atoms with Crippen LogP contribution in [0.5, 0.6) is 0 Å². The molecular formula is C14H17ClN4S. The first kappa shape index (κ1) is 13.6. The Morgan fingerprint density at radius 2 is 2.20 bits per heavy atom. The van der Waals surface area contributed by atoms with Crippen LogP contribution in [0.1, 0.15) is 16.4 Å². The summed E-state index contributed by atoms with van der Waals surface area (Å²) in [6.45, 7) is 2.92. The molecule has 0 saturated heterocycles. The third-order valence-corrected chi connectivity index (χ3v) is 4.57. The van der Waals surface area contributed by atoms with E-state index in [0.29, 0.717) is 5.88 Å². The first-order chi connectivity index (χ1) is 9.70. The molecule has 6 heteroatoms. The van der Waals surface area contributed by atoms with Gasteiger partial charge in [0.25, 0.3) is 0 Å². The maximum absolute atomic E-state index is 5.91. The fourth-order valence-electron chi connectivity index (χ4n) is 2.57. The molecule has 0 aliphatic heterocycles. The van der Waals surface area contributed by atoms with Gasteiger partial charge < -0.3 is 4.57 Å². The van der Waals surface area contributed by atoms with Crippen molar-refractivity contribution in [1.29, 1.82) is 0 Å². The summed E-state index contributed by atoms with van der Waals surface area (Å²) < 4.78 is 4.18. The number of halogens is 1. The maximum Gasteiger partial charge on any atom is 0.158 e. The molecule has 106 valence electrons. The Hall–Kier alpha value is -1.33. The van der Waals surface area contributed by atoms with Crippen LogP contribution >= 0.6 is 22.9 Å². The van der Waals surface area contributed by atoms with Gasteiger partial charge in [-0.05, 0) is 24.8 Å². The van der Waals surface area contributed by atoms with E-state index in [9.17, 15) is 0 Å². The summed E-state index contributed by atoms with van der Waals surface area (Å²) in [4.78, 5) is 6.11. The van der Waals surface area contributed by atoms with Crippen molar-refractivity contribution in [3.05, 3.63) is 33.9 Å². The summed E-state index contributed by atoms with van der Waals surface area (Å²) in [5.74, 6) is 1.65. The van der Waals surface area contributed by atoms with Gasteiger partial charge in [-0.2, -0.15) is 5.10 Å². The molecule has 4 nitrogen and oxygen atoms in total. The minimum Gasteiger partial charge on any atom is -0.313 e. The lowest BCUT2D eigenvalue weighted by molar-refractivity contribution is 0.645. The van der Waals surface area contributed by atoms with E-state index < -0.39 is 0 Å². The normalized spacial score (nSPS) is 11.6. The van der Waals surface area contributed by atoms with E-state index in [2.05, 4.69) is 27.2 Å². The van der Waals surface area contributed by atoms with Crippen molar-refractivity contribution in [2.75, 3.05) is 5.88 Å². The molecule has 0 spiro atoms. The summed E-state index contributed by atoms with van der Waals surface area (Å²) in [5.41, 5.74) is 3.08. The van der Waals surface area contributed by atoms with Gasteiger partial charge in [-0.3, -0.25) is 4.68 Å². The minimum absolute atomic E-state index is 0.592. The molecule has 0 unspecified atom stereocenters. The van der Waals surface area contributed by atoms with Crippen molar-refractivity contribution >= 4 is 34.1 Å². The van der Waals surface area contributed by atoms with Crippen LogP contribution in [0.25, 0.3) is 11.2 Å². The van der Waals surface area contributed by atoms with Crippen LogP contribution in [-0.4, -0.2) is 25.2 Å². The molecule has 3 aromatic rings. The molecule has 0 radical (unpaired) electrons. The fraction of sp³-hybridized carbons (Fsp3) is 0.429. The van der Waals surface area contributed by atoms with Gasteiger partial charge in [0.15, 0.2) is 5.65 Å². The van der Waals surface area contributed by atoms with Gasteiger partial charge >= 0.3 is 0 Å². The van der Waals surface area contributed by atoms with E-state index in [1.165, 1.54) is 4.88 Å². The predicted molar refractivity (Wildman–Crippen MR) is 83.7 cm³/mol. The second-order valence-electron chi connectivity index (χ2n) is 4.83. The zero-order valence-electron chi connectivity index (χ0n) is 11.6. The molecule has 3 rings (SSSR count). The van der Waals surface area contributed by atoms with Gasteiger partial charge in [0.1, 0.15) is 11.3 Å². The number of fused-ring (bicyclic) bond motifs is 1. The van der Waals surface area contributed by atoms with Crippen molar-refractivity contribution in [3.8, 4) is 0 Å². The van der Waals surface area contributed by atoms with Crippen molar-refractivity contribution < 1.29 is 0 Å². The second kappa shape index (κ2) is 5.58. The van der Waals surface area contributed by atoms with Crippen LogP contribution in [0.3, 0.4) is 0 Å². The zero-order chi connectivity index (χ0) is 14.1. The molecule has 0 amide bonds. The van der Waals surface area contributed by atoms with Gasteiger partial charge in [-0.25, -0.2) is 4.98 Å². The van der Waals surface area contributed by atoms with Gasteiger partial charge in [-0.1, -0.05) is 6.07 Å². The van der Waals surface area contributed by atoms with Crippen LogP contribution < -0.4 is 0 Å². The number of hydrogen-bond donors (Lipinski definition) is 0. The molecule has 0 aliphatic carbocycles. The Bertz CT molecular complexity index is 711. The monoisotopic (exact) mass is 308 g/mol. The Kier molecular flexibility index (Phi) is 3.81. The Labute approximate surface area is 127 Å². The fourth-order valence-corrected chi connectivity index (χ4v) is 3.43. The zero-order valence-corrected chi connectivity index (χ0v) is 13.2. The second-order valence-corrected chi connectivity index (χ2v) is 6.24. The van der Waals surface area contributed by atoms with Crippen molar-refractivity contribution in [2.45, 2.75) is 26.3 Å². The number of thiophene rings is 1. The van der Waals surface area contributed by atoms with Gasteiger partial charge in [0, 0.05) is 30.8 Å². The summed E-state index contributed by atoms with van der Waals surface area (Å²) in [6, 6.07) is 4.27. The molecule has 0 atom stereocenters. The molecule has 20 heavy (non-hydrogen) atoms. The molecule has 3 heterocycles. The van der Waals surface area contributed by atoms with Crippen LogP contribution in [0, 0.1) is 6.92 Å². The molecular weight excluding hydrogens is 292 g/mol. The average molecular weight is 309 g/mol. The summed E-state index contributed by atoms with van der Waals surface area (Å²) in [5, 5.41) is 6.58. The number of alkyl halides is 1. The SMILES string of the molecule is Cc1nn(C)c2c1nc(CCCl)n2CCc1cccs1. The van der Waals surface area contributed by atoms with Gasteiger partial charge in [0.2, 0.25) is 0 Å². The first-order valence-corrected chi connectivity index (χ1v) is 8.09. The Morgan fingerprint density at radius 1 is 1.35 bits per heavy atom. The van der Waals surface area contributed by atoms with Crippen LogP contribution in [0.15, 0.2) is 17.5 Å². The highest BCUT2D eigenvalue weighted by molar-refractivity contribution is 7.09. The standard InChI is InChI=1S/C14H17ClN4S/c1-10-13-14(18(2)17-10)19(12(16-13)5-7-15)8-6-11-4-3-9-20-11/h3-4,9H,5-8H2,1-2H3. The maximum atomic E-state index is 5.91. The predicted octanol–water partition coefficient (Wildman–Crippen LogP) is 3.16. The summed E-state index contributed by atoms with van der Waals surface area (Å²) in [6.07, 6.45) is 1.81. The molecule has 0 aromatic carbocycles. The Morgan fingerprint density at radius 3 is 2.90 bits per heavy atom. The number of aromatic nitrogens is 4.